The molecule has 2 aliphatic rings. The lowest BCUT2D eigenvalue weighted by Crippen LogP contribution is -2.41. The van der Waals surface area contributed by atoms with Gasteiger partial charge < -0.3 is 10.4 Å². The number of benzene rings is 1. The highest BCUT2D eigenvalue weighted by atomic mass is 32.2. The molecule has 0 spiro atoms. The summed E-state index contributed by atoms with van der Waals surface area (Å²) in [5, 5.41) is 13.6. The Morgan fingerprint density at radius 2 is 2.05 bits per heavy atom. The van der Waals surface area contributed by atoms with Gasteiger partial charge in [0.15, 0.2) is 0 Å². The first-order valence-electron chi connectivity index (χ1n) is 8.33. The Hall–Kier alpha value is -0.670. The molecule has 0 bridgehead atoms. The normalized spacial score (nSPS) is 24.5. The van der Waals surface area contributed by atoms with Gasteiger partial charge in [-0.25, -0.2) is 0 Å². The number of hydrogen-bond acceptors (Lipinski definition) is 3. The summed E-state index contributed by atoms with van der Waals surface area (Å²) < 4.78 is 0.437. The van der Waals surface area contributed by atoms with Crippen LogP contribution in [0.25, 0.3) is 0 Å². The summed E-state index contributed by atoms with van der Waals surface area (Å²) in [5.74, 6) is 0.402. The smallest absolute Gasteiger partial charge is 0.115 e. The van der Waals surface area contributed by atoms with E-state index >= 15 is 0 Å². The Kier molecular flexibility index (Phi) is 4.80. The van der Waals surface area contributed by atoms with Crippen LogP contribution in [0.2, 0.25) is 0 Å². The van der Waals surface area contributed by atoms with Gasteiger partial charge >= 0.3 is 0 Å². The van der Waals surface area contributed by atoms with Gasteiger partial charge in [0, 0.05) is 17.3 Å². The minimum atomic E-state index is 0.402. The van der Waals surface area contributed by atoms with E-state index in [9.17, 15) is 5.11 Å². The van der Waals surface area contributed by atoms with E-state index in [-0.39, 0.29) is 0 Å². The number of rotatable bonds is 4. The topological polar surface area (TPSA) is 32.3 Å². The van der Waals surface area contributed by atoms with Crippen molar-refractivity contribution in [3.8, 4) is 5.75 Å². The van der Waals surface area contributed by atoms with Crippen LogP contribution in [-0.4, -0.2) is 22.7 Å². The van der Waals surface area contributed by atoms with E-state index in [1.165, 1.54) is 56.1 Å². The minimum absolute atomic E-state index is 0.402. The molecule has 0 amide bonds. The fourth-order valence-electron chi connectivity index (χ4n) is 3.96. The second-order valence-electron chi connectivity index (χ2n) is 6.66. The number of phenols is 1. The highest BCUT2D eigenvalue weighted by Crippen LogP contribution is 2.39. The highest BCUT2D eigenvalue weighted by molar-refractivity contribution is 8.00. The molecular weight excluding hydrogens is 278 g/mol. The fraction of sp³-hybridized carbons (Fsp3) is 0.667. The first-order valence-corrected chi connectivity index (χ1v) is 9.55. The number of phenolic OH excluding ortho intramolecular Hbond substituents is 1. The lowest BCUT2D eigenvalue weighted by Gasteiger charge is -2.38. The van der Waals surface area contributed by atoms with E-state index in [4.69, 9.17) is 0 Å². The van der Waals surface area contributed by atoms with Gasteiger partial charge in [0.1, 0.15) is 5.75 Å². The van der Waals surface area contributed by atoms with E-state index in [1.807, 2.05) is 12.1 Å². The van der Waals surface area contributed by atoms with Gasteiger partial charge in [-0.05, 0) is 61.6 Å². The van der Waals surface area contributed by atoms with Gasteiger partial charge in [0.2, 0.25) is 0 Å². The summed E-state index contributed by atoms with van der Waals surface area (Å²) >= 11 is 2.05. The summed E-state index contributed by atoms with van der Waals surface area (Å²) in [6.07, 6.45) is 12.7. The Bertz CT molecular complexity index is 482. The van der Waals surface area contributed by atoms with Crippen molar-refractivity contribution < 1.29 is 5.11 Å². The van der Waals surface area contributed by atoms with Gasteiger partial charge in [0.05, 0.1) is 0 Å². The van der Waals surface area contributed by atoms with Crippen molar-refractivity contribution in [1.29, 1.82) is 0 Å². The maximum atomic E-state index is 9.79. The molecule has 1 aromatic carbocycles. The van der Waals surface area contributed by atoms with Crippen LogP contribution in [0.1, 0.15) is 62.1 Å². The largest absolute Gasteiger partial charge is 0.508 e. The molecule has 0 saturated heterocycles. The lowest BCUT2D eigenvalue weighted by molar-refractivity contribution is 0.350. The van der Waals surface area contributed by atoms with Crippen molar-refractivity contribution in [1.82, 2.24) is 5.32 Å². The maximum Gasteiger partial charge on any atom is 0.115 e. The molecule has 2 N–H and O–H groups in total. The quantitative estimate of drug-likeness (QED) is 0.863. The molecule has 21 heavy (non-hydrogen) atoms. The van der Waals surface area contributed by atoms with Crippen LogP contribution in [0.4, 0.5) is 0 Å². The molecule has 2 aliphatic carbocycles. The van der Waals surface area contributed by atoms with E-state index in [1.54, 1.807) is 0 Å². The van der Waals surface area contributed by atoms with Gasteiger partial charge in [-0.1, -0.05) is 25.3 Å². The summed E-state index contributed by atoms with van der Waals surface area (Å²) in [5.41, 5.74) is 2.74. The number of hydrogen-bond donors (Lipinski definition) is 2. The molecule has 116 valence electrons. The molecule has 2 nitrogen and oxygen atoms in total. The van der Waals surface area contributed by atoms with Crippen molar-refractivity contribution in [2.45, 2.75) is 62.2 Å². The third kappa shape index (κ3) is 3.40. The van der Waals surface area contributed by atoms with Crippen molar-refractivity contribution in [3.05, 3.63) is 29.3 Å². The Balaban J connectivity index is 1.70. The first-order chi connectivity index (χ1) is 10.2. The second kappa shape index (κ2) is 6.62. The average molecular weight is 305 g/mol. The summed E-state index contributed by atoms with van der Waals surface area (Å²) in [6.45, 7) is 1.11. The van der Waals surface area contributed by atoms with Gasteiger partial charge in [-0.2, -0.15) is 11.8 Å². The number of fused-ring (bicyclic) bond motifs is 1. The molecule has 1 saturated carbocycles. The van der Waals surface area contributed by atoms with E-state index < -0.39 is 0 Å². The SMILES string of the molecule is CSC1(CNC2CCCc3ccc(O)cc32)CCCCC1. The van der Waals surface area contributed by atoms with Crippen LogP contribution >= 0.6 is 11.8 Å². The second-order valence-corrected chi connectivity index (χ2v) is 7.93. The Morgan fingerprint density at radius 3 is 2.81 bits per heavy atom. The van der Waals surface area contributed by atoms with Crippen LogP contribution in [0.15, 0.2) is 18.2 Å². The Labute approximate surface area is 132 Å². The molecular formula is C18H27NOS. The lowest BCUT2D eigenvalue weighted by atomic mass is 9.85. The average Bonchev–Trinajstić information content (AvgIpc) is 2.54. The third-order valence-corrected chi connectivity index (χ3v) is 6.73. The highest BCUT2D eigenvalue weighted by Gasteiger charge is 2.32. The maximum absolute atomic E-state index is 9.79. The zero-order valence-electron chi connectivity index (χ0n) is 13.0. The number of aryl methyl sites for hydroxylation is 1. The zero-order valence-corrected chi connectivity index (χ0v) is 13.8. The molecule has 0 aliphatic heterocycles. The number of nitrogens with one attached hydrogen (secondary N) is 1. The molecule has 1 atom stereocenters. The zero-order chi connectivity index (χ0) is 14.7. The van der Waals surface area contributed by atoms with E-state index in [0.717, 1.165) is 13.0 Å². The van der Waals surface area contributed by atoms with Crippen molar-refractivity contribution in [3.63, 3.8) is 0 Å². The Morgan fingerprint density at radius 1 is 1.24 bits per heavy atom. The molecule has 3 heteroatoms. The first kappa shape index (κ1) is 15.2. The van der Waals surface area contributed by atoms with Crippen LogP contribution in [0.5, 0.6) is 5.75 Å². The number of aromatic hydroxyl groups is 1. The summed E-state index contributed by atoms with van der Waals surface area (Å²) in [7, 11) is 0. The van der Waals surface area contributed by atoms with Crippen LogP contribution in [-0.2, 0) is 6.42 Å². The minimum Gasteiger partial charge on any atom is -0.508 e. The molecule has 0 aromatic heterocycles. The molecule has 1 fully saturated rings. The molecule has 3 rings (SSSR count). The predicted octanol–water partition coefficient (Wildman–Crippen LogP) is 4.43. The molecule has 0 radical (unpaired) electrons. The van der Waals surface area contributed by atoms with Gasteiger partial charge in [-0.15, -0.1) is 0 Å². The van der Waals surface area contributed by atoms with E-state index in [2.05, 4.69) is 29.4 Å². The summed E-state index contributed by atoms with van der Waals surface area (Å²) in [4.78, 5) is 0. The molecule has 1 aromatic rings. The van der Waals surface area contributed by atoms with Crippen LogP contribution < -0.4 is 5.32 Å². The summed E-state index contributed by atoms with van der Waals surface area (Å²) in [6, 6.07) is 6.32. The van der Waals surface area contributed by atoms with Crippen LogP contribution in [0, 0.1) is 0 Å². The van der Waals surface area contributed by atoms with E-state index in [0.29, 0.717) is 16.5 Å². The monoisotopic (exact) mass is 305 g/mol. The van der Waals surface area contributed by atoms with Gasteiger partial charge in [0.25, 0.3) is 0 Å². The molecule has 1 unspecified atom stereocenters. The fourth-order valence-corrected chi connectivity index (χ4v) is 4.88. The third-order valence-electron chi connectivity index (χ3n) is 5.31. The standard InChI is InChI=1S/C18H27NOS/c1-21-18(10-3-2-4-11-18)13-19-17-7-5-6-14-8-9-15(20)12-16(14)17/h8-9,12,17,19-20H,2-7,10-11,13H2,1H3. The number of thioether (sulfide) groups is 1. The van der Waals surface area contributed by atoms with Crippen molar-refractivity contribution in [2.75, 3.05) is 12.8 Å². The molecule has 0 heterocycles. The predicted molar refractivity (Wildman–Crippen MR) is 91.1 cm³/mol. The van der Waals surface area contributed by atoms with Crippen molar-refractivity contribution >= 4 is 11.8 Å². The van der Waals surface area contributed by atoms with Gasteiger partial charge in [-0.3, -0.25) is 0 Å². The van der Waals surface area contributed by atoms with Crippen molar-refractivity contribution in [2.24, 2.45) is 0 Å². The van der Waals surface area contributed by atoms with Crippen LogP contribution in [0.3, 0.4) is 0 Å².